The van der Waals surface area contributed by atoms with Gasteiger partial charge < -0.3 is 5.73 Å². The fourth-order valence-electron chi connectivity index (χ4n) is 1.74. The van der Waals surface area contributed by atoms with Crippen molar-refractivity contribution in [3.8, 4) is 0 Å². The Morgan fingerprint density at radius 1 is 1.41 bits per heavy atom. The van der Waals surface area contributed by atoms with Gasteiger partial charge in [0.25, 0.3) is 0 Å². The van der Waals surface area contributed by atoms with E-state index in [4.69, 9.17) is 5.73 Å². The molecule has 0 atom stereocenters. The van der Waals surface area contributed by atoms with Crippen LogP contribution < -0.4 is 10.5 Å². The van der Waals surface area contributed by atoms with E-state index in [2.05, 4.69) is 4.72 Å². The Kier molecular flexibility index (Phi) is 2.91. The van der Waals surface area contributed by atoms with E-state index in [0.717, 1.165) is 24.8 Å². The zero-order valence-electron chi connectivity index (χ0n) is 10.2. The topological polar surface area (TPSA) is 72.2 Å². The molecule has 1 aromatic carbocycles. The van der Waals surface area contributed by atoms with Gasteiger partial charge in [-0.3, -0.25) is 0 Å². The van der Waals surface area contributed by atoms with Gasteiger partial charge in [-0.25, -0.2) is 13.1 Å². The number of hydrogen-bond donors (Lipinski definition) is 2. The molecule has 0 bridgehead atoms. The van der Waals surface area contributed by atoms with Crippen LogP contribution in [0.2, 0.25) is 0 Å². The maximum absolute atomic E-state index is 12.1. The molecule has 0 aromatic heterocycles. The number of nitrogen functional groups attached to an aromatic ring is 1. The summed E-state index contributed by atoms with van der Waals surface area (Å²) in [4.78, 5) is 0.250. The van der Waals surface area contributed by atoms with Gasteiger partial charge in [0.05, 0.1) is 4.90 Å². The van der Waals surface area contributed by atoms with Gasteiger partial charge in [0.15, 0.2) is 0 Å². The summed E-state index contributed by atoms with van der Waals surface area (Å²) in [5.41, 5.74) is 7.07. The molecule has 0 unspecified atom stereocenters. The van der Waals surface area contributed by atoms with Gasteiger partial charge in [0.2, 0.25) is 10.0 Å². The summed E-state index contributed by atoms with van der Waals surface area (Å²) in [7, 11) is -3.43. The summed E-state index contributed by atoms with van der Waals surface area (Å²) in [6.45, 7) is 3.90. The van der Waals surface area contributed by atoms with Crippen LogP contribution in [0, 0.1) is 0 Å². The Bertz CT molecular complexity index is 533. The number of nitrogens with two attached hydrogens (primary N) is 1. The van der Waals surface area contributed by atoms with Crippen molar-refractivity contribution in [3.05, 3.63) is 23.8 Å². The van der Waals surface area contributed by atoms with Crippen molar-refractivity contribution in [2.75, 3.05) is 5.73 Å². The molecule has 4 nitrogen and oxygen atoms in total. The second-order valence-corrected chi connectivity index (χ2v) is 6.56. The quantitative estimate of drug-likeness (QED) is 0.803. The number of rotatable bonds is 4. The molecule has 1 saturated carbocycles. The van der Waals surface area contributed by atoms with Crippen LogP contribution in [-0.2, 0) is 16.4 Å². The summed E-state index contributed by atoms with van der Waals surface area (Å²) in [6, 6.07) is 4.93. The molecule has 17 heavy (non-hydrogen) atoms. The van der Waals surface area contributed by atoms with Crippen LogP contribution >= 0.6 is 0 Å². The van der Waals surface area contributed by atoms with Crippen molar-refractivity contribution in [3.63, 3.8) is 0 Å². The molecule has 0 radical (unpaired) electrons. The SMILES string of the molecule is CCc1ccc(S(=O)(=O)NC2(C)CC2)cc1N. The number of nitrogens with one attached hydrogen (secondary N) is 1. The largest absolute Gasteiger partial charge is 0.398 e. The zero-order valence-corrected chi connectivity index (χ0v) is 11.0. The number of hydrogen-bond acceptors (Lipinski definition) is 3. The van der Waals surface area contributed by atoms with E-state index in [1.54, 1.807) is 12.1 Å². The molecule has 3 N–H and O–H groups in total. The van der Waals surface area contributed by atoms with Gasteiger partial charge in [-0.2, -0.15) is 0 Å². The normalized spacial score (nSPS) is 18.0. The fraction of sp³-hybridized carbons (Fsp3) is 0.500. The molecule has 0 amide bonds. The second-order valence-electron chi connectivity index (χ2n) is 4.88. The summed E-state index contributed by atoms with van der Waals surface area (Å²) in [5, 5.41) is 0. The van der Waals surface area contributed by atoms with Gasteiger partial charge in [0.1, 0.15) is 0 Å². The van der Waals surface area contributed by atoms with Crippen LogP contribution in [0.1, 0.15) is 32.3 Å². The molecule has 5 heteroatoms. The van der Waals surface area contributed by atoms with Crippen LogP contribution in [0.25, 0.3) is 0 Å². The van der Waals surface area contributed by atoms with Crippen molar-refractivity contribution in [2.45, 2.75) is 43.5 Å². The van der Waals surface area contributed by atoms with Gasteiger partial charge in [-0.1, -0.05) is 13.0 Å². The molecule has 0 spiro atoms. The number of sulfonamides is 1. The predicted octanol–water partition coefficient (Wildman–Crippen LogP) is 1.66. The highest BCUT2D eigenvalue weighted by atomic mass is 32.2. The molecule has 1 fully saturated rings. The average molecular weight is 254 g/mol. The lowest BCUT2D eigenvalue weighted by Crippen LogP contribution is -2.34. The van der Waals surface area contributed by atoms with Gasteiger partial charge in [-0.15, -0.1) is 0 Å². The second kappa shape index (κ2) is 3.99. The van der Waals surface area contributed by atoms with E-state index < -0.39 is 10.0 Å². The minimum atomic E-state index is -3.43. The lowest BCUT2D eigenvalue weighted by Gasteiger charge is -2.13. The lowest BCUT2D eigenvalue weighted by atomic mass is 10.1. The maximum atomic E-state index is 12.1. The Labute approximate surface area is 102 Å². The Morgan fingerprint density at radius 2 is 2.06 bits per heavy atom. The van der Waals surface area contributed by atoms with Crippen molar-refractivity contribution >= 4 is 15.7 Å². The van der Waals surface area contributed by atoms with Gasteiger partial charge >= 0.3 is 0 Å². The van der Waals surface area contributed by atoms with E-state index in [0.29, 0.717) is 5.69 Å². The van der Waals surface area contributed by atoms with E-state index >= 15 is 0 Å². The summed E-state index contributed by atoms with van der Waals surface area (Å²) in [5.74, 6) is 0. The molecule has 0 saturated heterocycles. The average Bonchev–Trinajstić information content (AvgIpc) is 2.94. The van der Waals surface area contributed by atoms with Crippen molar-refractivity contribution < 1.29 is 8.42 Å². The third kappa shape index (κ3) is 2.61. The Balaban J connectivity index is 2.30. The van der Waals surface area contributed by atoms with Crippen molar-refractivity contribution in [1.29, 1.82) is 0 Å². The van der Waals surface area contributed by atoms with E-state index in [-0.39, 0.29) is 10.4 Å². The van der Waals surface area contributed by atoms with Crippen LogP contribution in [0.4, 0.5) is 5.69 Å². The highest BCUT2D eigenvalue weighted by molar-refractivity contribution is 7.89. The predicted molar refractivity (Wildman–Crippen MR) is 68.2 cm³/mol. The molecule has 2 rings (SSSR count). The van der Waals surface area contributed by atoms with E-state index in [1.165, 1.54) is 6.07 Å². The monoisotopic (exact) mass is 254 g/mol. The standard InChI is InChI=1S/C12H18N2O2S/c1-3-9-4-5-10(8-11(9)13)17(15,16)14-12(2)6-7-12/h4-5,8,14H,3,6-7,13H2,1-2H3. The molecular weight excluding hydrogens is 236 g/mol. The minimum absolute atomic E-state index is 0.250. The van der Waals surface area contributed by atoms with E-state index in [1.807, 2.05) is 13.8 Å². The van der Waals surface area contributed by atoms with Gasteiger partial charge in [-0.05, 0) is 43.9 Å². The van der Waals surface area contributed by atoms with Crippen LogP contribution in [0.15, 0.2) is 23.1 Å². The summed E-state index contributed by atoms with van der Waals surface area (Å²) >= 11 is 0. The van der Waals surface area contributed by atoms with Crippen LogP contribution in [0.5, 0.6) is 0 Å². The smallest absolute Gasteiger partial charge is 0.241 e. The fourth-order valence-corrected chi connectivity index (χ4v) is 3.24. The number of benzene rings is 1. The number of anilines is 1. The lowest BCUT2D eigenvalue weighted by molar-refractivity contribution is 0.558. The molecule has 1 aliphatic rings. The molecule has 0 aliphatic heterocycles. The van der Waals surface area contributed by atoms with Crippen LogP contribution in [0.3, 0.4) is 0 Å². The van der Waals surface area contributed by atoms with Crippen LogP contribution in [-0.4, -0.2) is 14.0 Å². The first kappa shape index (κ1) is 12.4. The van der Waals surface area contributed by atoms with Crippen molar-refractivity contribution in [2.24, 2.45) is 0 Å². The first-order valence-electron chi connectivity index (χ1n) is 5.79. The number of aryl methyl sites for hydroxylation is 1. The third-order valence-electron chi connectivity index (χ3n) is 3.19. The molecule has 1 aromatic rings. The first-order chi connectivity index (χ1) is 7.86. The van der Waals surface area contributed by atoms with Gasteiger partial charge in [0, 0.05) is 11.2 Å². The highest BCUT2D eigenvalue weighted by Gasteiger charge is 2.41. The summed E-state index contributed by atoms with van der Waals surface area (Å²) < 4.78 is 26.9. The molecule has 0 heterocycles. The highest BCUT2D eigenvalue weighted by Crippen LogP contribution is 2.36. The first-order valence-corrected chi connectivity index (χ1v) is 7.27. The minimum Gasteiger partial charge on any atom is -0.398 e. The molecular formula is C12H18N2O2S. The maximum Gasteiger partial charge on any atom is 0.241 e. The Morgan fingerprint density at radius 3 is 2.53 bits per heavy atom. The Hall–Kier alpha value is -1.07. The molecule has 94 valence electrons. The summed E-state index contributed by atoms with van der Waals surface area (Å²) in [6.07, 6.45) is 2.60. The molecule has 1 aliphatic carbocycles. The third-order valence-corrected chi connectivity index (χ3v) is 4.83. The van der Waals surface area contributed by atoms with E-state index in [9.17, 15) is 8.42 Å². The van der Waals surface area contributed by atoms with Crippen molar-refractivity contribution in [1.82, 2.24) is 4.72 Å². The zero-order chi connectivity index (χ0) is 12.7.